The molecular weight excluding hydrogens is 495 g/mol. The Kier molecular flexibility index (Phi) is 6.55. The zero-order chi connectivity index (χ0) is 25.4. The highest BCUT2D eigenvalue weighted by molar-refractivity contribution is 6.41. The second-order valence-electron chi connectivity index (χ2n) is 7.73. The Morgan fingerprint density at radius 2 is 2.03 bits per heavy atom. The van der Waals surface area contributed by atoms with E-state index in [2.05, 4.69) is 32.3 Å². The molecule has 13 heteroatoms. The summed E-state index contributed by atoms with van der Waals surface area (Å²) in [6, 6.07) is 1.34. The van der Waals surface area contributed by atoms with Gasteiger partial charge in [-0.25, -0.2) is 9.78 Å². The van der Waals surface area contributed by atoms with Gasteiger partial charge in [0.15, 0.2) is 5.82 Å². The van der Waals surface area contributed by atoms with Crippen molar-refractivity contribution in [3.63, 3.8) is 0 Å². The number of aryl methyl sites for hydroxylation is 2. The first-order chi connectivity index (χ1) is 16.6. The number of carbonyl (C=O) groups is 2. The summed E-state index contributed by atoms with van der Waals surface area (Å²) in [6.07, 6.45) is 4.41. The maximum absolute atomic E-state index is 13.3. The molecule has 35 heavy (non-hydrogen) atoms. The minimum atomic E-state index is -0.409. The fraction of sp³-hybridized carbons (Fsp3) is 0.227. The normalized spacial score (nSPS) is 12.9. The number of amides is 3. The Bertz CT molecular complexity index is 1360. The summed E-state index contributed by atoms with van der Waals surface area (Å²) < 4.78 is 6.87. The molecule has 0 fully saturated rings. The van der Waals surface area contributed by atoms with Crippen molar-refractivity contribution in [2.24, 2.45) is 7.05 Å². The van der Waals surface area contributed by atoms with E-state index in [4.69, 9.17) is 27.9 Å². The van der Waals surface area contributed by atoms with Gasteiger partial charge < -0.3 is 15.4 Å². The predicted octanol–water partition coefficient (Wildman–Crippen LogP) is 4.28. The summed E-state index contributed by atoms with van der Waals surface area (Å²) in [4.78, 5) is 36.8. The smallest absolute Gasteiger partial charge is 0.330 e. The van der Waals surface area contributed by atoms with Crippen LogP contribution in [0, 0.1) is 6.92 Å². The first-order valence-electron chi connectivity index (χ1n) is 10.3. The molecule has 3 heterocycles. The van der Waals surface area contributed by atoms with Gasteiger partial charge in [-0.2, -0.15) is 10.1 Å². The largest absolute Gasteiger partial charge is 0.495 e. The van der Waals surface area contributed by atoms with Gasteiger partial charge in [-0.3, -0.25) is 19.3 Å². The molecule has 3 amide bonds. The molecule has 0 unspecified atom stereocenters. The van der Waals surface area contributed by atoms with Gasteiger partial charge in [0, 0.05) is 25.9 Å². The van der Waals surface area contributed by atoms with E-state index in [1.54, 1.807) is 32.6 Å². The molecule has 182 valence electrons. The Morgan fingerprint density at radius 3 is 2.71 bits per heavy atom. The van der Waals surface area contributed by atoms with Crippen LogP contribution in [0.2, 0.25) is 10.0 Å². The van der Waals surface area contributed by atoms with E-state index in [0.29, 0.717) is 33.5 Å². The van der Waals surface area contributed by atoms with Crippen molar-refractivity contribution >= 4 is 64.1 Å². The first-order valence-corrected chi connectivity index (χ1v) is 11.1. The van der Waals surface area contributed by atoms with Crippen LogP contribution in [-0.4, -0.2) is 45.8 Å². The lowest BCUT2D eigenvalue weighted by Gasteiger charge is -2.35. The number of urea groups is 1. The van der Waals surface area contributed by atoms with Crippen LogP contribution in [0.25, 0.3) is 0 Å². The molecule has 0 spiro atoms. The summed E-state index contributed by atoms with van der Waals surface area (Å²) in [7, 11) is 4.80. The minimum absolute atomic E-state index is 0.151. The molecule has 1 aliphatic heterocycles. The monoisotopic (exact) mass is 516 g/mol. The number of hydrogen-bond donors (Lipinski definition) is 2. The van der Waals surface area contributed by atoms with Gasteiger partial charge >= 0.3 is 6.03 Å². The Hall–Kier alpha value is -3.83. The number of aromatic nitrogens is 4. The SMILES string of the molecule is C=CC(=O)Nc1nn(C)cc1Nc1ncc2c(n1)N(C)C(=O)N(c1c(Cl)c(C)cc(OC)c1Cl)C2. The van der Waals surface area contributed by atoms with E-state index in [1.807, 2.05) is 6.92 Å². The molecule has 0 radical (unpaired) electrons. The minimum Gasteiger partial charge on any atom is -0.495 e. The van der Waals surface area contributed by atoms with Crippen LogP contribution in [0.1, 0.15) is 11.1 Å². The molecule has 1 aromatic carbocycles. The molecular formula is C22H22Cl2N8O3. The highest BCUT2D eigenvalue weighted by Crippen LogP contribution is 2.44. The molecule has 3 aromatic rings. The number of anilines is 5. The highest BCUT2D eigenvalue weighted by atomic mass is 35.5. The second kappa shape index (κ2) is 9.43. The maximum atomic E-state index is 13.3. The van der Waals surface area contributed by atoms with E-state index in [0.717, 1.165) is 11.6 Å². The standard InChI is InChI=1S/C22H22Cl2N8O3/c1-6-15(33)27-19-13(10-30(3)29-19)26-21-25-8-12-9-32(22(34)31(4)20(12)28-21)18-16(23)11(2)7-14(35-5)17(18)24/h6-8,10H,1,9H2,2-5H3,(H,25,26,28)(H,27,29,33). The summed E-state index contributed by atoms with van der Waals surface area (Å²) in [6.45, 7) is 5.40. The Morgan fingerprint density at radius 1 is 1.29 bits per heavy atom. The number of methoxy groups -OCH3 is 1. The van der Waals surface area contributed by atoms with E-state index < -0.39 is 5.91 Å². The predicted molar refractivity (Wildman–Crippen MR) is 135 cm³/mol. The summed E-state index contributed by atoms with van der Waals surface area (Å²) in [5.41, 5.74) is 2.22. The van der Waals surface area contributed by atoms with Crippen molar-refractivity contribution in [3.8, 4) is 5.75 Å². The van der Waals surface area contributed by atoms with Crippen molar-refractivity contribution in [1.29, 1.82) is 0 Å². The van der Waals surface area contributed by atoms with Crippen molar-refractivity contribution in [1.82, 2.24) is 19.7 Å². The quantitative estimate of drug-likeness (QED) is 0.469. The maximum Gasteiger partial charge on any atom is 0.330 e. The van der Waals surface area contributed by atoms with Gasteiger partial charge in [0.25, 0.3) is 0 Å². The van der Waals surface area contributed by atoms with Crippen molar-refractivity contribution < 1.29 is 14.3 Å². The number of halogens is 2. The van der Waals surface area contributed by atoms with Crippen LogP contribution < -0.4 is 25.2 Å². The van der Waals surface area contributed by atoms with Crippen LogP contribution in [0.5, 0.6) is 5.75 Å². The number of hydrogen-bond acceptors (Lipinski definition) is 7. The molecule has 2 aromatic heterocycles. The molecule has 0 atom stereocenters. The number of fused-ring (bicyclic) bond motifs is 1. The van der Waals surface area contributed by atoms with Gasteiger partial charge in [-0.1, -0.05) is 29.8 Å². The fourth-order valence-corrected chi connectivity index (χ4v) is 4.24. The van der Waals surface area contributed by atoms with Gasteiger partial charge in [-0.15, -0.1) is 0 Å². The summed E-state index contributed by atoms with van der Waals surface area (Å²) in [5, 5.41) is 10.4. The van der Waals surface area contributed by atoms with Crippen LogP contribution in [-0.2, 0) is 18.4 Å². The molecule has 11 nitrogen and oxygen atoms in total. The van der Waals surface area contributed by atoms with Crippen LogP contribution >= 0.6 is 23.2 Å². The lowest BCUT2D eigenvalue weighted by atomic mass is 10.1. The van der Waals surface area contributed by atoms with E-state index in [-0.39, 0.29) is 29.4 Å². The third-order valence-electron chi connectivity index (χ3n) is 5.32. The van der Waals surface area contributed by atoms with Crippen molar-refractivity contribution in [2.45, 2.75) is 13.5 Å². The lowest BCUT2D eigenvalue weighted by molar-refractivity contribution is -0.111. The van der Waals surface area contributed by atoms with E-state index in [1.165, 1.54) is 21.6 Å². The van der Waals surface area contributed by atoms with Gasteiger partial charge in [0.1, 0.15) is 22.3 Å². The highest BCUT2D eigenvalue weighted by Gasteiger charge is 2.34. The summed E-state index contributed by atoms with van der Waals surface area (Å²) >= 11 is 13.1. The molecule has 0 bridgehead atoms. The average molecular weight is 517 g/mol. The zero-order valence-corrected chi connectivity index (χ0v) is 20.9. The first kappa shape index (κ1) is 24.3. The van der Waals surface area contributed by atoms with Gasteiger partial charge in [0.2, 0.25) is 11.9 Å². The topological polar surface area (TPSA) is 118 Å². The van der Waals surface area contributed by atoms with E-state index in [9.17, 15) is 9.59 Å². The Balaban J connectivity index is 1.67. The zero-order valence-electron chi connectivity index (χ0n) is 19.4. The third-order valence-corrected chi connectivity index (χ3v) is 6.17. The van der Waals surface area contributed by atoms with Crippen molar-refractivity contribution in [2.75, 3.05) is 34.6 Å². The second-order valence-corrected chi connectivity index (χ2v) is 8.48. The van der Waals surface area contributed by atoms with Crippen LogP contribution in [0.3, 0.4) is 0 Å². The van der Waals surface area contributed by atoms with Crippen molar-refractivity contribution in [3.05, 3.63) is 52.3 Å². The number of nitrogens with one attached hydrogen (secondary N) is 2. The van der Waals surface area contributed by atoms with Gasteiger partial charge in [-0.05, 0) is 24.6 Å². The number of ether oxygens (including phenoxy) is 1. The number of carbonyl (C=O) groups excluding carboxylic acids is 2. The molecule has 1 aliphatic rings. The number of benzene rings is 1. The lowest BCUT2D eigenvalue weighted by Crippen LogP contribution is -2.46. The molecule has 4 rings (SSSR count). The number of nitrogens with zero attached hydrogens (tertiary/aromatic N) is 6. The van der Waals surface area contributed by atoms with Gasteiger partial charge in [0.05, 0.1) is 30.6 Å². The third kappa shape index (κ3) is 4.47. The fourth-order valence-electron chi connectivity index (χ4n) is 3.61. The van der Waals surface area contributed by atoms with Crippen LogP contribution in [0.15, 0.2) is 31.1 Å². The van der Waals surface area contributed by atoms with E-state index >= 15 is 0 Å². The summed E-state index contributed by atoms with van der Waals surface area (Å²) in [5.74, 6) is 0.917. The molecule has 0 saturated carbocycles. The average Bonchev–Trinajstić information content (AvgIpc) is 3.17. The number of rotatable bonds is 6. The van der Waals surface area contributed by atoms with Crippen LogP contribution in [0.4, 0.5) is 33.8 Å². The molecule has 0 aliphatic carbocycles. The molecule has 0 saturated heterocycles. The molecule has 2 N–H and O–H groups in total. The Labute approximate surface area is 211 Å².